The molecule has 8 heteroatoms. The Morgan fingerprint density at radius 1 is 1.21 bits per heavy atom. The summed E-state index contributed by atoms with van der Waals surface area (Å²) in [5.74, 6) is -2.33. The van der Waals surface area contributed by atoms with Gasteiger partial charge in [-0.15, -0.1) is 0 Å². The molecule has 0 saturated carbocycles. The summed E-state index contributed by atoms with van der Waals surface area (Å²) >= 11 is 0. The maximum absolute atomic E-state index is 13.5. The number of fused-ring (bicyclic) bond motifs is 1. The Morgan fingerprint density at radius 3 is 2.45 bits per heavy atom. The monoisotopic (exact) mass is 399 g/mol. The van der Waals surface area contributed by atoms with Gasteiger partial charge >= 0.3 is 13.1 Å². The van der Waals surface area contributed by atoms with Crippen LogP contribution in [0.2, 0.25) is 0 Å². The Balaban J connectivity index is 2.03. The van der Waals surface area contributed by atoms with Crippen LogP contribution >= 0.6 is 0 Å². The predicted molar refractivity (Wildman–Crippen MR) is 106 cm³/mol. The Bertz CT molecular complexity index is 931. The number of carboxylic acids is 1. The van der Waals surface area contributed by atoms with Crippen molar-refractivity contribution in [1.29, 1.82) is 0 Å². The predicted octanol–water partition coefficient (Wildman–Crippen LogP) is 2.10. The van der Waals surface area contributed by atoms with E-state index in [0.717, 1.165) is 5.56 Å². The fourth-order valence-electron chi connectivity index (χ4n) is 3.75. The van der Waals surface area contributed by atoms with Crippen LogP contribution in [0.4, 0.5) is 4.39 Å². The summed E-state index contributed by atoms with van der Waals surface area (Å²) in [4.78, 5) is 26.7. The topological polar surface area (TPSA) is 87.1 Å². The Labute approximate surface area is 169 Å². The largest absolute Gasteiger partial charge is 0.492 e. The van der Waals surface area contributed by atoms with Crippen LogP contribution in [0.1, 0.15) is 40.9 Å². The first-order chi connectivity index (χ1) is 13.7. The number of amides is 1. The number of carboxylic acid groups (broad SMARTS) is 1. The van der Waals surface area contributed by atoms with Crippen molar-refractivity contribution in [2.24, 2.45) is 5.92 Å². The second-order valence-corrected chi connectivity index (χ2v) is 7.56. The van der Waals surface area contributed by atoms with Crippen molar-refractivity contribution < 1.29 is 28.8 Å². The highest BCUT2D eigenvalue weighted by molar-refractivity contribution is 6.62. The first-order valence-corrected chi connectivity index (χ1v) is 9.41. The molecular formula is C21H23BFNO5. The summed E-state index contributed by atoms with van der Waals surface area (Å²) in [6, 6.07) is 7.89. The Hall–Kier alpha value is -2.71. The summed E-state index contributed by atoms with van der Waals surface area (Å²) in [5, 5.41) is 19.9. The van der Waals surface area contributed by atoms with Crippen molar-refractivity contribution in [3.05, 3.63) is 64.5 Å². The van der Waals surface area contributed by atoms with Crippen LogP contribution in [0.15, 0.2) is 36.4 Å². The molecule has 0 spiro atoms. The van der Waals surface area contributed by atoms with Crippen molar-refractivity contribution in [2.45, 2.75) is 40.0 Å². The van der Waals surface area contributed by atoms with Crippen LogP contribution < -0.4 is 5.46 Å². The smallest absolute Gasteiger partial charge is 0.480 e. The Kier molecular flexibility index (Phi) is 6.05. The standard InChI is InChI=1S/C21H23BFNO5/c1-12(2)19(21(26)27)24(10-14-4-7-16(23)8-5-14)20(25)17-9-6-15-11-29-22(28)18(15)13(17)3/h4-9,12,19,28H,10-11H2,1-3H3,(H,26,27)/t19-/m0/s1. The molecule has 6 nitrogen and oxygen atoms in total. The quantitative estimate of drug-likeness (QED) is 0.727. The lowest BCUT2D eigenvalue weighted by molar-refractivity contribution is -0.144. The van der Waals surface area contributed by atoms with Crippen molar-refractivity contribution >= 4 is 24.5 Å². The van der Waals surface area contributed by atoms with E-state index in [1.165, 1.54) is 29.2 Å². The van der Waals surface area contributed by atoms with E-state index in [2.05, 4.69) is 0 Å². The Morgan fingerprint density at radius 2 is 1.86 bits per heavy atom. The van der Waals surface area contributed by atoms with Crippen LogP contribution in [0.3, 0.4) is 0 Å². The molecular weight excluding hydrogens is 376 g/mol. The molecule has 29 heavy (non-hydrogen) atoms. The van der Waals surface area contributed by atoms with Gasteiger partial charge in [-0.25, -0.2) is 9.18 Å². The van der Waals surface area contributed by atoms with Gasteiger partial charge in [-0.1, -0.05) is 32.0 Å². The second-order valence-electron chi connectivity index (χ2n) is 7.56. The molecule has 152 valence electrons. The molecule has 2 aromatic carbocycles. The van der Waals surface area contributed by atoms with Crippen LogP contribution in [0, 0.1) is 18.7 Å². The molecule has 1 atom stereocenters. The van der Waals surface area contributed by atoms with E-state index >= 15 is 0 Å². The first-order valence-electron chi connectivity index (χ1n) is 9.41. The van der Waals surface area contributed by atoms with Gasteiger partial charge in [0.05, 0.1) is 6.61 Å². The van der Waals surface area contributed by atoms with Gasteiger partial charge in [0.15, 0.2) is 0 Å². The number of aliphatic carboxylic acids is 1. The highest BCUT2D eigenvalue weighted by Crippen LogP contribution is 2.23. The van der Waals surface area contributed by atoms with Crippen molar-refractivity contribution in [1.82, 2.24) is 4.90 Å². The fraction of sp³-hybridized carbons (Fsp3) is 0.333. The lowest BCUT2D eigenvalue weighted by Crippen LogP contribution is -2.48. The van der Waals surface area contributed by atoms with E-state index in [9.17, 15) is 24.1 Å². The number of benzene rings is 2. The minimum absolute atomic E-state index is 0.0177. The number of nitrogens with zero attached hydrogens (tertiary/aromatic N) is 1. The zero-order chi connectivity index (χ0) is 21.3. The lowest BCUT2D eigenvalue weighted by atomic mass is 9.75. The summed E-state index contributed by atoms with van der Waals surface area (Å²) in [6.45, 7) is 5.46. The highest BCUT2D eigenvalue weighted by Gasteiger charge is 2.36. The number of hydrogen-bond donors (Lipinski definition) is 2. The van der Waals surface area contributed by atoms with E-state index in [4.69, 9.17) is 4.65 Å². The fourth-order valence-corrected chi connectivity index (χ4v) is 3.75. The van der Waals surface area contributed by atoms with Crippen molar-refractivity contribution in [2.75, 3.05) is 0 Å². The number of hydrogen-bond acceptors (Lipinski definition) is 4. The summed E-state index contributed by atoms with van der Waals surface area (Å²) in [5.41, 5.74) is 2.84. The summed E-state index contributed by atoms with van der Waals surface area (Å²) < 4.78 is 18.5. The molecule has 0 fully saturated rings. The number of carbonyl (C=O) groups excluding carboxylic acids is 1. The van der Waals surface area contributed by atoms with Gasteiger partial charge in [-0.2, -0.15) is 0 Å². The molecule has 1 aliphatic heterocycles. The molecule has 1 aliphatic rings. The highest BCUT2D eigenvalue weighted by atomic mass is 19.1. The van der Waals surface area contributed by atoms with Crippen LogP contribution in [-0.2, 0) is 22.6 Å². The molecule has 0 bridgehead atoms. The summed E-state index contributed by atoms with van der Waals surface area (Å²) in [7, 11) is -1.11. The van der Waals surface area contributed by atoms with Crippen molar-refractivity contribution in [3.63, 3.8) is 0 Å². The third-order valence-electron chi connectivity index (χ3n) is 5.23. The third kappa shape index (κ3) is 4.18. The molecule has 1 heterocycles. The van der Waals surface area contributed by atoms with E-state index in [1.807, 2.05) is 0 Å². The van der Waals surface area contributed by atoms with Gasteiger partial charge in [0, 0.05) is 12.1 Å². The molecule has 0 unspecified atom stereocenters. The van der Waals surface area contributed by atoms with Crippen LogP contribution in [0.5, 0.6) is 0 Å². The molecule has 1 amide bonds. The third-order valence-corrected chi connectivity index (χ3v) is 5.23. The van der Waals surface area contributed by atoms with Crippen molar-refractivity contribution in [3.8, 4) is 0 Å². The van der Waals surface area contributed by atoms with Gasteiger partial charge in [0.25, 0.3) is 5.91 Å². The van der Waals surface area contributed by atoms with E-state index in [-0.39, 0.29) is 19.1 Å². The van der Waals surface area contributed by atoms with Gasteiger partial charge in [0.1, 0.15) is 11.9 Å². The average molecular weight is 399 g/mol. The molecule has 2 aromatic rings. The van der Waals surface area contributed by atoms with Gasteiger partial charge < -0.3 is 19.7 Å². The van der Waals surface area contributed by atoms with Gasteiger partial charge in [0.2, 0.25) is 0 Å². The molecule has 0 aromatic heterocycles. The zero-order valence-corrected chi connectivity index (χ0v) is 16.6. The van der Waals surface area contributed by atoms with Gasteiger partial charge in [-0.3, -0.25) is 4.79 Å². The molecule has 0 saturated heterocycles. The van der Waals surface area contributed by atoms with Crippen LogP contribution in [-0.4, -0.2) is 40.1 Å². The molecule has 3 rings (SSSR count). The second kappa shape index (κ2) is 8.35. The normalized spacial score (nSPS) is 14.1. The SMILES string of the molecule is Cc1c(C(=O)N(Cc2ccc(F)cc2)[C@H](C(=O)O)C(C)C)ccc2c1B(O)OC2. The number of halogens is 1. The van der Waals surface area contributed by atoms with Crippen LogP contribution in [0.25, 0.3) is 0 Å². The lowest BCUT2D eigenvalue weighted by Gasteiger charge is -2.32. The molecule has 0 radical (unpaired) electrons. The summed E-state index contributed by atoms with van der Waals surface area (Å²) in [6.07, 6.45) is 0. The first kappa shape index (κ1) is 21.0. The van der Waals surface area contributed by atoms with E-state index < -0.39 is 30.9 Å². The minimum atomic E-state index is -1.11. The zero-order valence-electron chi connectivity index (χ0n) is 16.6. The maximum Gasteiger partial charge on any atom is 0.492 e. The number of rotatable bonds is 6. The maximum atomic E-state index is 13.5. The average Bonchev–Trinajstić information content (AvgIpc) is 3.04. The number of carbonyl (C=O) groups is 2. The molecule has 0 aliphatic carbocycles. The minimum Gasteiger partial charge on any atom is -0.480 e. The van der Waals surface area contributed by atoms with E-state index in [1.54, 1.807) is 32.9 Å². The van der Waals surface area contributed by atoms with Gasteiger partial charge in [-0.05, 0) is 53.2 Å². The molecule has 2 N–H and O–H groups in total. The van der Waals surface area contributed by atoms with E-state index in [0.29, 0.717) is 22.2 Å².